The average Bonchev–Trinajstić information content (AvgIpc) is 2.95. The van der Waals surface area contributed by atoms with Gasteiger partial charge in [-0.2, -0.15) is 0 Å². The molecule has 0 saturated carbocycles. The summed E-state index contributed by atoms with van der Waals surface area (Å²) in [6.45, 7) is 9.30. The number of hydrogen-bond donors (Lipinski definition) is 0. The number of benzene rings is 3. The van der Waals surface area contributed by atoms with Crippen LogP contribution in [0.3, 0.4) is 0 Å². The molecular formula is C36H51O2P. The first-order chi connectivity index (χ1) is 19.1. The third-order valence-electron chi connectivity index (χ3n) is 7.51. The number of hydrogen-bond acceptors (Lipinski definition) is 2. The number of unbranched alkanes of at least 4 members (excludes halogenated alkanes) is 6. The molecule has 2 nitrogen and oxygen atoms in total. The minimum Gasteiger partial charge on any atom is -0.435 e. The summed E-state index contributed by atoms with van der Waals surface area (Å²) in [6.07, 6.45) is 15.1. The van der Waals surface area contributed by atoms with Gasteiger partial charge < -0.3 is 9.05 Å². The van der Waals surface area contributed by atoms with Crippen LogP contribution in [0.4, 0.5) is 0 Å². The summed E-state index contributed by atoms with van der Waals surface area (Å²) in [5.41, 5.74) is 2.56. The Bertz CT molecular complexity index is 985. The van der Waals surface area contributed by atoms with Gasteiger partial charge in [-0.15, -0.1) is 0 Å². The third kappa shape index (κ3) is 11.4. The summed E-state index contributed by atoms with van der Waals surface area (Å²) >= 11 is 0. The Hall–Kier alpha value is -2.31. The van der Waals surface area contributed by atoms with E-state index in [4.69, 9.17) is 9.05 Å². The summed E-state index contributed by atoms with van der Waals surface area (Å²) in [6, 6.07) is 27.6. The fourth-order valence-corrected chi connectivity index (χ4v) is 6.55. The van der Waals surface area contributed by atoms with Crippen LogP contribution in [0.15, 0.2) is 78.9 Å². The third-order valence-corrected chi connectivity index (χ3v) is 8.96. The van der Waals surface area contributed by atoms with Crippen molar-refractivity contribution in [2.45, 2.75) is 105 Å². The van der Waals surface area contributed by atoms with Gasteiger partial charge in [0.15, 0.2) is 0 Å². The molecule has 0 radical (unpaired) electrons. The van der Waals surface area contributed by atoms with Crippen molar-refractivity contribution >= 4 is 13.7 Å². The lowest BCUT2D eigenvalue weighted by atomic mass is 9.95. The molecule has 0 aliphatic heterocycles. The van der Waals surface area contributed by atoms with Gasteiger partial charge >= 0.3 is 8.38 Å². The Balaban J connectivity index is 1.74. The molecule has 2 unspecified atom stereocenters. The van der Waals surface area contributed by atoms with Crippen molar-refractivity contribution in [2.24, 2.45) is 11.8 Å². The zero-order valence-corrected chi connectivity index (χ0v) is 25.8. The Morgan fingerprint density at radius 2 is 0.974 bits per heavy atom. The molecule has 0 fully saturated rings. The fourth-order valence-electron chi connectivity index (χ4n) is 5.17. The smallest absolute Gasteiger partial charge is 0.326 e. The monoisotopic (exact) mass is 546 g/mol. The molecule has 0 saturated heterocycles. The standard InChI is InChI=1S/C36H51O2P/c1-5-7-9-12-20-30(3)28-32-22-16-18-26-35(32)37-39(34-24-14-11-15-25-34)38-36-27-19-17-23-33(36)29-31(4)21-13-10-8-6-2/h11,14-19,22-27,30-31H,5-10,12-13,20-21,28-29H2,1-4H3. The van der Waals surface area contributed by atoms with Gasteiger partial charge in [-0.1, -0.05) is 147 Å². The molecule has 0 aromatic heterocycles. The maximum absolute atomic E-state index is 6.77. The van der Waals surface area contributed by atoms with E-state index in [-0.39, 0.29) is 0 Å². The van der Waals surface area contributed by atoms with Crippen molar-refractivity contribution in [3.8, 4) is 11.5 Å². The van der Waals surface area contributed by atoms with Crippen molar-refractivity contribution in [1.29, 1.82) is 0 Å². The number of rotatable bonds is 19. The van der Waals surface area contributed by atoms with Crippen molar-refractivity contribution < 1.29 is 9.05 Å². The maximum Gasteiger partial charge on any atom is 0.326 e. The van der Waals surface area contributed by atoms with E-state index in [9.17, 15) is 0 Å². The summed E-state index contributed by atoms with van der Waals surface area (Å²) in [5, 5.41) is 1.09. The second kappa shape index (κ2) is 18.1. The van der Waals surface area contributed by atoms with Crippen molar-refractivity contribution in [1.82, 2.24) is 0 Å². The summed E-state index contributed by atoms with van der Waals surface area (Å²) in [5.74, 6) is 3.18. The van der Waals surface area contributed by atoms with Crippen molar-refractivity contribution in [3.63, 3.8) is 0 Å². The van der Waals surface area contributed by atoms with E-state index in [0.29, 0.717) is 11.8 Å². The molecule has 0 amide bonds. The van der Waals surface area contributed by atoms with Crippen LogP contribution in [0.5, 0.6) is 11.5 Å². The molecule has 212 valence electrons. The number of para-hydroxylation sites is 2. The molecule has 0 bridgehead atoms. The molecule has 2 atom stereocenters. The Morgan fingerprint density at radius 3 is 1.44 bits per heavy atom. The fraction of sp³-hybridized carbons (Fsp3) is 0.500. The van der Waals surface area contributed by atoms with E-state index in [1.165, 1.54) is 75.3 Å². The van der Waals surface area contributed by atoms with Crippen LogP contribution >= 0.6 is 8.38 Å². The zero-order chi connectivity index (χ0) is 27.7. The highest BCUT2D eigenvalue weighted by molar-refractivity contribution is 7.56. The van der Waals surface area contributed by atoms with Crippen LogP contribution in [0, 0.1) is 11.8 Å². The van der Waals surface area contributed by atoms with Gasteiger partial charge in [0, 0.05) is 0 Å². The van der Waals surface area contributed by atoms with E-state index in [2.05, 4.69) is 107 Å². The van der Waals surface area contributed by atoms with Crippen LogP contribution in [0.2, 0.25) is 0 Å². The van der Waals surface area contributed by atoms with Gasteiger partial charge in [0.2, 0.25) is 0 Å². The minimum atomic E-state index is -1.32. The van der Waals surface area contributed by atoms with Gasteiger partial charge in [0.05, 0.1) is 5.30 Å². The highest BCUT2D eigenvalue weighted by Crippen LogP contribution is 2.42. The van der Waals surface area contributed by atoms with E-state index >= 15 is 0 Å². The van der Waals surface area contributed by atoms with E-state index in [1.54, 1.807) is 0 Å². The summed E-state index contributed by atoms with van der Waals surface area (Å²) < 4.78 is 13.5. The zero-order valence-electron chi connectivity index (χ0n) is 24.9. The SMILES string of the molecule is CCCCCCC(C)Cc1ccccc1OP(Oc1ccccc1CC(C)CCCCCC)c1ccccc1. The van der Waals surface area contributed by atoms with Crippen LogP contribution in [0.1, 0.15) is 103 Å². The first kappa shape index (κ1) is 31.2. The van der Waals surface area contributed by atoms with Crippen molar-refractivity contribution in [3.05, 3.63) is 90.0 Å². The molecule has 0 spiro atoms. The first-order valence-corrected chi connectivity index (χ1v) is 16.6. The first-order valence-electron chi connectivity index (χ1n) is 15.5. The Morgan fingerprint density at radius 1 is 0.538 bits per heavy atom. The quantitative estimate of drug-likeness (QED) is 0.110. The topological polar surface area (TPSA) is 18.5 Å². The summed E-state index contributed by atoms with van der Waals surface area (Å²) in [4.78, 5) is 0. The van der Waals surface area contributed by atoms with Crippen LogP contribution < -0.4 is 14.4 Å². The lowest BCUT2D eigenvalue weighted by molar-refractivity contribution is 0.461. The van der Waals surface area contributed by atoms with E-state index in [0.717, 1.165) is 29.6 Å². The second-order valence-electron chi connectivity index (χ2n) is 11.3. The normalized spacial score (nSPS) is 13.5. The highest BCUT2D eigenvalue weighted by Gasteiger charge is 2.22. The van der Waals surface area contributed by atoms with Crippen LogP contribution in [-0.4, -0.2) is 0 Å². The predicted octanol–water partition coefficient (Wildman–Crippen LogP) is 11.1. The predicted molar refractivity (Wildman–Crippen MR) is 170 cm³/mol. The van der Waals surface area contributed by atoms with Gasteiger partial charge in [0.25, 0.3) is 0 Å². The average molecular weight is 547 g/mol. The molecule has 3 rings (SSSR count). The van der Waals surface area contributed by atoms with Crippen LogP contribution in [0.25, 0.3) is 0 Å². The Labute approximate surface area is 240 Å². The molecule has 3 aromatic carbocycles. The lowest BCUT2D eigenvalue weighted by Crippen LogP contribution is -2.12. The molecule has 3 heteroatoms. The molecule has 0 aliphatic rings. The van der Waals surface area contributed by atoms with Gasteiger partial charge in [-0.05, 0) is 60.1 Å². The molecule has 3 aromatic rings. The summed E-state index contributed by atoms with van der Waals surface area (Å²) in [7, 11) is -1.32. The van der Waals surface area contributed by atoms with E-state index in [1.807, 2.05) is 0 Å². The van der Waals surface area contributed by atoms with Gasteiger partial charge in [-0.25, -0.2) is 0 Å². The molecule has 0 heterocycles. The lowest BCUT2D eigenvalue weighted by Gasteiger charge is -2.23. The molecule has 0 aliphatic carbocycles. The minimum absolute atomic E-state index is 0.634. The largest absolute Gasteiger partial charge is 0.435 e. The molecular weight excluding hydrogens is 495 g/mol. The Kier molecular flexibility index (Phi) is 14.5. The van der Waals surface area contributed by atoms with Crippen LogP contribution in [-0.2, 0) is 12.8 Å². The molecule has 0 N–H and O–H groups in total. The van der Waals surface area contributed by atoms with E-state index < -0.39 is 8.38 Å². The van der Waals surface area contributed by atoms with Crippen molar-refractivity contribution in [2.75, 3.05) is 0 Å². The second-order valence-corrected chi connectivity index (χ2v) is 12.7. The maximum atomic E-state index is 6.77. The molecule has 39 heavy (non-hydrogen) atoms. The highest BCUT2D eigenvalue weighted by atomic mass is 31.2. The van der Waals surface area contributed by atoms with Gasteiger partial charge in [-0.3, -0.25) is 0 Å². The van der Waals surface area contributed by atoms with Gasteiger partial charge in [0.1, 0.15) is 11.5 Å².